The van der Waals surface area contributed by atoms with Crippen molar-refractivity contribution in [3.63, 3.8) is 0 Å². The minimum atomic E-state index is -3.19. The number of nitrogens with zero attached hydrogens (tertiary/aromatic N) is 2. The molecule has 2 N–H and O–H groups in total. The van der Waals surface area contributed by atoms with Crippen molar-refractivity contribution in [1.82, 2.24) is 14.2 Å². The number of ketones is 1. The Kier molecular flexibility index (Phi) is 12.1. The molecule has 3 aromatic rings. The number of hydrogen-bond donors (Lipinski definition) is 2. The number of nitrogens with one attached hydrogen (secondary N) is 1. The number of rotatable bonds is 12. The number of sulfonamides is 1. The zero-order valence-electron chi connectivity index (χ0n) is 31.6. The molecule has 276 valence electrons. The number of carbonyl (C=O) groups excluding carboxylic acids is 1. The van der Waals surface area contributed by atoms with Gasteiger partial charge in [-0.2, -0.15) is 0 Å². The van der Waals surface area contributed by atoms with Crippen molar-refractivity contribution in [1.29, 1.82) is 0 Å². The fourth-order valence-corrected chi connectivity index (χ4v) is 9.83. The largest absolute Gasteiger partial charge is 0.508 e. The van der Waals surface area contributed by atoms with Crippen LogP contribution in [0.1, 0.15) is 127 Å². The summed E-state index contributed by atoms with van der Waals surface area (Å²) in [5.74, 6) is 1.85. The second-order valence-corrected chi connectivity index (χ2v) is 18.4. The Morgan fingerprint density at radius 3 is 2.52 bits per heavy atom. The molecule has 0 radical (unpaired) electrons. The first-order valence-corrected chi connectivity index (χ1v) is 20.5. The van der Waals surface area contributed by atoms with Gasteiger partial charge in [-0.15, -0.1) is 0 Å². The van der Waals surface area contributed by atoms with Crippen molar-refractivity contribution in [2.75, 3.05) is 33.7 Å². The van der Waals surface area contributed by atoms with Crippen molar-refractivity contribution in [3.8, 4) is 11.5 Å². The fraction of sp³-hybridized carbons (Fsp3) is 0.634. The summed E-state index contributed by atoms with van der Waals surface area (Å²) >= 11 is 0. The van der Waals surface area contributed by atoms with E-state index in [1.165, 1.54) is 31.2 Å². The van der Waals surface area contributed by atoms with Crippen molar-refractivity contribution >= 4 is 26.7 Å². The lowest BCUT2D eigenvalue weighted by Gasteiger charge is -2.47. The third-order valence-electron chi connectivity index (χ3n) is 11.3. The number of ether oxygens (including phenoxy) is 1. The summed E-state index contributed by atoms with van der Waals surface area (Å²) < 4.78 is 33.0. The van der Waals surface area contributed by atoms with E-state index in [1.54, 1.807) is 4.31 Å². The van der Waals surface area contributed by atoms with Gasteiger partial charge in [-0.3, -0.25) is 4.79 Å². The minimum absolute atomic E-state index is 0.00696. The summed E-state index contributed by atoms with van der Waals surface area (Å²) in [4.78, 5) is 17.6. The first kappa shape index (κ1) is 38.4. The molecular weight excluding hydrogens is 647 g/mol. The summed E-state index contributed by atoms with van der Waals surface area (Å²) in [5.41, 5.74) is 4.86. The lowest BCUT2D eigenvalue weighted by Crippen LogP contribution is -2.47. The smallest absolute Gasteiger partial charge is 0.218 e. The van der Waals surface area contributed by atoms with Gasteiger partial charge in [0.2, 0.25) is 10.0 Å². The number of fused-ring (bicyclic) bond motifs is 4. The van der Waals surface area contributed by atoms with Gasteiger partial charge < -0.3 is 19.7 Å². The minimum Gasteiger partial charge on any atom is -0.508 e. The van der Waals surface area contributed by atoms with Crippen LogP contribution in [0.5, 0.6) is 11.5 Å². The number of Topliss-reactive ketones (excluding diaryl/α,β-unsaturated/α-hetero) is 1. The Hall–Kier alpha value is -2.88. The second kappa shape index (κ2) is 15.8. The molecule has 2 atom stereocenters. The molecule has 1 aromatic heterocycles. The lowest BCUT2D eigenvalue weighted by atomic mass is 9.66. The first-order chi connectivity index (χ1) is 23.6. The zero-order valence-corrected chi connectivity index (χ0v) is 32.4. The monoisotopic (exact) mass is 707 g/mol. The van der Waals surface area contributed by atoms with E-state index in [1.807, 2.05) is 30.5 Å². The lowest BCUT2D eigenvalue weighted by molar-refractivity contribution is -0.124. The van der Waals surface area contributed by atoms with Gasteiger partial charge in [0.25, 0.3) is 0 Å². The molecule has 2 fully saturated rings. The van der Waals surface area contributed by atoms with E-state index in [-0.39, 0.29) is 28.6 Å². The number of carbonyl (C=O) groups is 1. The normalized spacial score (nSPS) is 20.7. The summed E-state index contributed by atoms with van der Waals surface area (Å²) in [7, 11) is 0.928. The van der Waals surface area contributed by atoms with Crippen LogP contribution in [-0.4, -0.2) is 72.8 Å². The van der Waals surface area contributed by atoms with Crippen LogP contribution in [0.3, 0.4) is 0 Å². The molecule has 0 spiro atoms. The highest BCUT2D eigenvalue weighted by atomic mass is 32.2. The van der Waals surface area contributed by atoms with E-state index in [0.29, 0.717) is 37.5 Å². The quantitative estimate of drug-likeness (QED) is 0.183. The molecular formula is C41H61N3O5S. The van der Waals surface area contributed by atoms with Crippen molar-refractivity contribution < 1.29 is 23.1 Å². The van der Waals surface area contributed by atoms with Crippen molar-refractivity contribution in [2.45, 2.75) is 128 Å². The van der Waals surface area contributed by atoms with Gasteiger partial charge in [-0.1, -0.05) is 52.5 Å². The Bertz CT molecular complexity index is 1740. The third-order valence-corrected chi connectivity index (χ3v) is 13.2. The molecule has 3 aliphatic rings. The number of H-pyrrole nitrogens is 1. The first-order valence-electron chi connectivity index (χ1n) is 18.9. The number of aromatic nitrogens is 1. The summed E-state index contributed by atoms with van der Waals surface area (Å²) in [6.45, 7) is 13.3. The molecule has 2 aromatic carbocycles. The predicted octanol–water partition coefficient (Wildman–Crippen LogP) is 8.46. The van der Waals surface area contributed by atoms with Gasteiger partial charge in [0, 0.05) is 67.0 Å². The number of aromatic amines is 1. The van der Waals surface area contributed by atoms with E-state index in [4.69, 9.17) is 4.74 Å². The van der Waals surface area contributed by atoms with Gasteiger partial charge in [0.05, 0.1) is 5.75 Å². The molecule has 8 nitrogen and oxygen atoms in total. The molecule has 50 heavy (non-hydrogen) atoms. The second-order valence-electron chi connectivity index (χ2n) is 16.4. The highest BCUT2D eigenvalue weighted by molar-refractivity contribution is 7.88. The van der Waals surface area contributed by atoms with Crippen LogP contribution in [0.2, 0.25) is 0 Å². The van der Waals surface area contributed by atoms with E-state index in [0.717, 1.165) is 72.0 Å². The maximum Gasteiger partial charge on any atom is 0.218 e. The summed E-state index contributed by atoms with van der Waals surface area (Å²) in [6.07, 6.45) is 13.0. The Morgan fingerprint density at radius 1 is 1.08 bits per heavy atom. The van der Waals surface area contributed by atoms with E-state index >= 15 is 0 Å². The van der Waals surface area contributed by atoms with Crippen LogP contribution in [0, 0.1) is 5.92 Å². The number of unbranched alkanes of at least 4 members (excludes halogenated alkanes) is 3. The topological polar surface area (TPSA) is 103 Å². The van der Waals surface area contributed by atoms with Crippen LogP contribution < -0.4 is 4.74 Å². The molecule has 6 rings (SSSR count). The molecule has 1 saturated carbocycles. The molecule has 0 amide bonds. The number of benzene rings is 2. The fourth-order valence-electron chi connectivity index (χ4n) is 8.23. The molecule has 3 heterocycles. The van der Waals surface area contributed by atoms with Gasteiger partial charge in [-0.25, -0.2) is 12.7 Å². The van der Waals surface area contributed by atoms with Crippen molar-refractivity contribution in [3.05, 3.63) is 58.8 Å². The maximum absolute atomic E-state index is 12.5. The molecule has 2 aliphatic heterocycles. The molecule has 1 aliphatic carbocycles. The number of phenolic OH excluding ortho intramolecular Hbond substituents is 1. The van der Waals surface area contributed by atoms with E-state index < -0.39 is 10.0 Å². The highest BCUT2D eigenvalue weighted by Gasteiger charge is 2.47. The Balaban J connectivity index is 0.000000197. The standard InChI is InChI=1S/C24H36O3.C17H25N3O2S/c1-6-7-8-9-12-23(2,3)16-13-20(26)22-18-15-17(25)10-11-19(18)24(4,5)27-21(22)14-16;1-19(2)10-7-15-12-18-17-6-5-14(11-16(15)17)13-23(21,22)20-8-3-4-9-20/h13-14,18-19,26H,6-12,15H2,1-5H3;5-6,11-12,18H,3-4,7-10,13H2,1-2H3/t18-,19-;/m1./s1. The average Bonchev–Trinajstić information content (AvgIpc) is 3.73. The number of hydrogen-bond acceptors (Lipinski definition) is 6. The summed E-state index contributed by atoms with van der Waals surface area (Å²) in [5, 5.41) is 12.1. The summed E-state index contributed by atoms with van der Waals surface area (Å²) in [6, 6.07) is 10.00. The van der Waals surface area contributed by atoms with Crippen LogP contribution in [0.15, 0.2) is 36.5 Å². The van der Waals surface area contributed by atoms with Gasteiger partial charge in [0.15, 0.2) is 0 Å². The van der Waals surface area contributed by atoms with Crippen LogP contribution in [0.4, 0.5) is 0 Å². The van der Waals surface area contributed by atoms with Crippen LogP contribution in [-0.2, 0) is 32.4 Å². The number of aromatic hydroxyl groups is 1. The predicted molar refractivity (Wildman–Crippen MR) is 204 cm³/mol. The van der Waals surface area contributed by atoms with E-state index in [2.05, 4.69) is 64.7 Å². The average molecular weight is 708 g/mol. The SMILES string of the molecule is CCCCCCC(C)(C)c1cc(O)c2c(c1)OC(C)(C)[C@@H]1CCC(=O)C[C@@H]21.CN(C)CCc1c[nH]c2ccc(CS(=O)(=O)N3CCCC3)cc12. The third kappa shape index (κ3) is 8.94. The van der Waals surface area contributed by atoms with Crippen LogP contribution >= 0.6 is 0 Å². The molecule has 0 bridgehead atoms. The van der Waals surface area contributed by atoms with Crippen molar-refractivity contribution in [2.24, 2.45) is 5.92 Å². The number of likely N-dealkylation sites (N-methyl/N-ethyl adjacent to an activating group) is 1. The highest BCUT2D eigenvalue weighted by Crippen LogP contribution is 2.54. The molecule has 1 saturated heterocycles. The van der Waals surface area contributed by atoms with Gasteiger partial charge in [0.1, 0.15) is 22.9 Å². The van der Waals surface area contributed by atoms with Gasteiger partial charge in [-0.05, 0) is 106 Å². The number of phenols is 1. The zero-order chi connectivity index (χ0) is 36.3. The maximum atomic E-state index is 12.5. The molecule has 0 unspecified atom stereocenters. The Morgan fingerprint density at radius 2 is 1.82 bits per heavy atom. The van der Waals surface area contributed by atoms with E-state index in [9.17, 15) is 18.3 Å². The van der Waals surface area contributed by atoms with Gasteiger partial charge >= 0.3 is 0 Å². The Labute approximate surface area is 301 Å². The van der Waals surface area contributed by atoms with Crippen LogP contribution in [0.25, 0.3) is 10.9 Å². The molecule has 9 heteroatoms.